The van der Waals surface area contributed by atoms with Gasteiger partial charge >= 0.3 is 5.97 Å². The van der Waals surface area contributed by atoms with Crippen LogP contribution in [0.2, 0.25) is 0 Å². The fraction of sp³-hybridized carbons (Fsp3) is 0.417. The van der Waals surface area contributed by atoms with E-state index in [0.29, 0.717) is 0 Å². The highest BCUT2D eigenvalue weighted by Crippen LogP contribution is 2.18. The molecule has 4 nitrogen and oxygen atoms in total. The van der Waals surface area contributed by atoms with Gasteiger partial charge in [-0.3, -0.25) is 4.79 Å². The van der Waals surface area contributed by atoms with Crippen LogP contribution >= 0.6 is 0 Å². The van der Waals surface area contributed by atoms with Crippen molar-refractivity contribution in [2.24, 2.45) is 5.73 Å². The SMILES string of the molecule is COc1ccc(COC(=O)C(C)N)cc1C. The Morgan fingerprint density at radius 2 is 2.19 bits per heavy atom. The van der Waals surface area contributed by atoms with Gasteiger partial charge in [-0.2, -0.15) is 0 Å². The number of esters is 1. The van der Waals surface area contributed by atoms with E-state index in [1.54, 1.807) is 14.0 Å². The molecule has 0 bridgehead atoms. The fourth-order valence-corrected chi connectivity index (χ4v) is 1.32. The first-order valence-corrected chi connectivity index (χ1v) is 5.10. The van der Waals surface area contributed by atoms with E-state index in [-0.39, 0.29) is 6.61 Å². The van der Waals surface area contributed by atoms with Crippen molar-refractivity contribution >= 4 is 5.97 Å². The van der Waals surface area contributed by atoms with Crippen molar-refractivity contribution in [3.05, 3.63) is 29.3 Å². The van der Waals surface area contributed by atoms with Gasteiger partial charge in [0.25, 0.3) is 0 Å². The van der Waals surface area contributed by atoms with Crippen LogP contribution in [0.3, 0.4) is 0 Å². The van der Waals surface area contributed by atoms with E-state index >= 15 is 0 Å². The lowest BCUT2D eigenvalue weighted by Gasteiger charge is -2.09. The maximum atomic E-state index is 11.2. The molecule has 0 aliphatic rings. The van der Waals surface area contributed by atoms with E-state index in [2.05, 4.69) is 0 Å². The van der Waals surface area contributed by atoms with Crippen LogP contribution in [0.5, 0.6) is 5.75 Å². The minimum absolute atomic E-state index is 0.241. The summed E-state index contributed by atoms with van der Waals surface area (Å²) in [4.78, 5) is 11.2. The Balaban J connectivity index is 2.62. The number of carbonyl (C=O) groups is 1. The van der Waals surface area contributed by atoms with Gasteiger partial charge in [-0.1, -0.05) is 6.07 Å². The maximum Gasteiger partial charge on any atom is 0.322 e. The summed E-state index contributed by atoms with van der Waals surface area (Å²) in [5.41, 5.74) is 7.32. The first kappa shape index (κ1) is 12.5. The fourth-order valence-electron chi connectivity index (χ4n) is 1.32. The summed E-state index contributed by atoms with van der Waals surface area (Å²) in [5.74, 6) is 0.427. The number of methoxy groups -OCH3 is 1. The van der Waals surface area contributed by atoms with Gasteiger partial charge in [0.15, 0.2) is 0 Å². The lowest BCUT2D eigenvalue weighted by Crippen LogP contribution is -2.28. The summed E-state index contributed by atoms with van der Waals surface area (Å²) < 4.78 is 10.1. The van der Waals surface area contributed by atoms with Crippen LogP contribution in [-0.2, 0) is 16.1 Å². The van der Waals surface area contributed by atoms with Crippen LogP contribution in [-0.4, -0.2) is 19.1 Å². The number of benzene rings is 1. The van der Waals surface area contributed by atoms with Gasteiger partial charge in [-0.05, 0) is 37.1 Å². The van der Waals surface area contributed by atoms with Gasteiger partial charge < -0.3 is 15.2 Å². The number of carbonyl (C=O) groups excluding carboxylic acids is 1. The molecule has 0 radical (unpaired) electrons. The van der Waals surface area contributed by atoms with Crippen LogP contribution < -0.4 is 10.5 Å². The molecular formula is C12H17NO3. The van der Waals surface area contributed by atoms with E-state index in [0.717, 1.165) is 16.9 Å². The summed E-state index contributed by atoms with van der Waals surface area (Å²) in [5, 5.41) is 0. The van der Waals surface area contributed by atoms with Gasteiger partial charge in [0.2, 0.25) is 0 Å². The normalized spacial score (nSPS) is 12.0. The molecule has 1 aromatic rings. The molecule has 2 N–H and O–H groups in total. The Kier molecular flexibility index (Phi) is 4.31. The summed E-state index contributed by atoms with van der Waals surface area (Å²) >= 11 is 0. The molecule has 0 spiro atoms. The predicted molar refractivity (Wildman–Crippen MR) is 61.2 cm³/mol. The number of hydrogen-bond donors (Lipinski definition) is 1. The van der Waals surface area contributed by atoms with Crippen LogP contribution in [0.4, 0.5) is 0 Å². The standard InChI is InChI=1S/C12H17NO3/c1-8-6-10(4-5-11(8)15-3)7-16-12(14)9(2)13/h4-6,9H,7,13H2,1-3H3. The molecule has 0 fully saturated rings. The molecule has 16 heavy (non-hydrogen) atoms. The second kappa shape index (κ2) is 5.51. The number of aryl methyl sites for hydroxylation is 1. The van der Waals surface area contributed by atoms with E-state index < -0.39 is 12.0 Å². The Hall–Kier alpha value is -1.55. The van der Waals surface area contributed by atoms with Crippen molar-refractivity contribution in [3.8, 4) is 5.75 Å². The first-order valence-electron chi connectivity index (χ1n) is 5.10. The van der Waals surface area contributed by atoms with Gasteiger partial charge in [0.05, 0.1) is 7.11 Å². The molecule has 0 saturated carbocycles. The second-order valence-electron chi connectivity index (χ2n) is 3.70. The molecule has 1 rings (SSSR count). The quantitative estimate of drug-likeness (QED) is 0.784. The Morgan fingerprint density at radius 1 is 1.50 bits per heavy atom. The average Bonchev–Trinajstić information content (AvgIpc) is 2.25. The van der Waals surface area contributed by atoms with Crippen molar-refractivity contribution < 1.29 is 14.3 Å². The molecule has 0 heterocycles. The van der Waals surface area contributed by atoms with Crippen LogP contribution in [0.1, 0.15) is 18.1 Å². The first-order chi connectivity index (χ1) is 7.54. The minimum atomic E-state index is -0.584. The van der Waals surface area contributed by atoms with Crippen molar-refractivity contribution in [3.63, 3.8) is 0 Å². The highest BCUT2D eigenvalue weighted by molar-refractivity contribution is 5.74. The number of nitrogens with two attached hydrogens (primary N) is 1. The number of hydrogen-bond acceptors (Lipinski definition) is 4. The highest BCUT2D eigenvalue weighted by atomic mass is 16.5. The van der Waals surface area contributed by atoms with Crippen molar-refractivity contribution in [2.75, 3.05) is 7.11 Å². The van der Waals surface area contributed by atoms with Crippen LogP contribution in [0.25, 0.3) is 0 Å². The second-order valence-corrected chi connectivity index (χ2v) is 3.70. The zero-order valence-corrected chi connectivity index (χ0v) is 9.82. The third kappa shape index (κ3) is 3.24. The Labute approximate surface area is 95.3 Å². The molecule has 1 unspecified atom stereocenters. The molecule has 0 aromatic heterocycles. The van der Waals surface area contributed by atoms with Crippen LogP contribution in [0, 0.1) is 6.92 Å². The zero-order valence-electron chi connectivity index (χ0n) is 9.82. The van der Waals surface area contributed by atoms with Gasteiger partial charge in [0.1, 0.15) is 18.4 Å². The summed E-state index contributed by atoms with van der Waals surface area (Å²) in [6.07, 6.45) is 0. The molecule has 0 aliphatic heterocycles. The molecule has 88 valence electrons. The van der Waals surface area contributed by atoms with Gasteiger partial charge in [-0.25, -0.2) is 0 Å². The predicted octanol–water partition coefficient (Wildman–Crippen LogP) is 1.39. The third-order valence-corrected chi connectivity index (χ3v) is 2.21. The minimum Gasteiger partial charge on any atom is -0.496 e. The topological polar surface area (TPSA) is 61.5 Å². The lowest BCUT2D eigenvalue weighted by atomic mass is 10.1. The smallest absolute Gasteiger partial charge is 0.322 e. The van der Waals surface area contributed by atoms with Gasteiger partial charge in [-0.15, -0.1) is 0 Å². The Morgan fingerprint density at radius 3 is 2.69 bits per heavy atom. The molecular weight excluding hydrogens is 206 g/mol. The molecule has 0 amide bonds. The van der Waals surface area contributed by atoms with E-state index in [4.69, 9.17) is 15.2 Å². The van der Waals surface area contributed by atoms with Crippen LogP contribution in [0.15, 0.2) is 18.2 Å². The maximum absolute atomic E-state index is 11.2. The number of rotatable bonds is 4. The van der Waals surface area contributed by atoms with Gasteiger partial charge in [0, 0.05) is 0 Å². The average molecular weight is 223 g/mol. The number of ether oxygens (including phenoxy) is 2. The molecule has 4 heteroatoms. The third-order valence-electron chi connectivity index (χ3n) is 2.21. The summed E-state index contributed by atoms with van der Waals surface area (Å²) in [7, 11) is 1.62. The molecule has 0 saturated heterocycles. The van der Waals surface area contributed by atoms with Crippen molar-refractivity contribution in [2.45, 2.75) is 26.5 Å². The molecule has 0 aliphatic carbocycles. The van der Waals surface area contributed by atoms with E-state index in [1.807, 2.05) is 25.1 Å². The zero-order chi connectivity index (χ0) is 12.1. The lowest BCUT2D eigenvalue weighted by molar-refractivity contribution is -0.146. The molecule has 1 aromatic carbocycles. The van der Waals surface area contributed by atoms with Crippen molar-refractivity contribution in [1.82, 2.24) is 0 Å². The Bertz CT molecular complexity index is 375. The monoisotopic (exact) mass is 223 g/mol. The highest BCUT2D eigenvalue weighted by Gasteiger charge is 2.09. The van der Waals surface area contributed by atoms with E-state index in [1.165, 1.54) is 0 Å². The largest absolute Gasteiger partial charge is 0.496 e. The molecule has 1 atom stereocenters. The van der Waals surface area contributed by atoms with E-state index in [9.17, 15) is 4.79 Å². The summed E-state index contributed by atoms with van der Waals surface area (Å²) in [6.45, 7) is 3.78. The van der Waals surface area contributed by atoms with Crippen molar-refractivity contribution in [1.29, 1.82) is 0 Å². The summed E-state index contributed by atoms with van der Waals surface area (Å²) in [6, 6.07) is 5.05.